The fraction of sp³-hybridized carbons (Fsp3) is 0.609. The van der Waals surface area contributed by atoms with Crippen LogP contribution in [-0.4, -0.2) is 22.4 Å². The molecule has 0 fully saturated rings. The Kier molecular flexibility index (Phi) is 37.4. The Morgan fingerprint density at radius 2 is 0.854 bits per heavy atom. The van der Waals surface area contributed by atoms with E-state index in [-0.39, 0.29) is 0 Å². The van der Waals surface area contributed by atoms with Crippen LogP contribution in [0.5, 0.6) is 0 Å². The van der Waals surface area contributed by atoms with Crippen LogP contribution in [0.1, 0.15) is 167 Å². The van der Waals surface area contributed by atoms with Gasteiger partial charge in [-0.25, -0.2) is 0 Å². The van der Waals surface area contributed by atoms with Gasteiger partial charge in [0.05, 0.1) is 0 Å². The average molecular weight is 653 g/mol. The van der Waals surface area contributed by atoms with Crippen molar-refractivity contribution in [2.24, 2.45) is 0 Å². The first-order valence-corrected chi connectivity index (χ1v) is 19.2. The van der Waals surface area contributed by atoms with Crippen molar-refractivity contribution < 1.29 is 10.2 Å². The highest BCUT2D eigenvalue weighted by Gasteiger charge is 1.94. The van der Waals surface area contributed by atoms with Crippen LogP contribution < -0.4 is 0 Å². The molecule has 0 radical (unpaired) electrons. The Labute approximate surface area is 297 Å². The zero-order chi connectivity index (χ0) is 34.9. The van der Waals surface area contributed by atoms with Crippen LogP contribution in [0.25, 0.3) is 0 Å². The largest absolute Gasteiger partial charge is 0.377 e. The van der Waals surface area contributed by atoms with Crippen LogP contribution >= 0.6 is 0 Å². The molecule has 0 bridgehead atoms. The van der Waals surface area contributed by atoms with Crippen LogP contribution in [0.4, 0.5) is 0 Å². The first-order chi connectivity index (χ1) is 23.7. The van der Waals surface area contributed by atoms with Crippen LogP contribution in [0, 0.1) is 48.4 Å². The van der Waals surface area contributed by atoms with Crippen molar-refractivity contribution >= 4 is 0 Å². The number of hydrogen-bond acceptors (Lipinski definition) is 2. The molecule has 0 saturated heterocycles. The molecule has 0 amide bonds. The third kappa shape index (κ3) is 39.0. The summed E-state index contributed by atoms with van der Waals surface area (Å²) < 4.78 is 0. The van der Waals surface area contributed by atoms with E-state index < -0.39 is 12.2 Å². The van der Waals surface area contributed by atoms with E-state index in [0.717, 1.165) is 64.2 Å². The molecule has 0 aliphatic rings. The molecule has 0 aromatic carbocycles. The molecule has 0 rings (SSSR count). The van der Waals surface area contributed by atoms with Gasteiger partial charge in [-0.05, 0) is 102 Å². The van der Waals surface area contributed by atoms with Gasteiger partial charge >= 0.3 is 0 Å². The van der Waals surface area contributed by atoms with Crippen LogP contribution in [0.3, 0.4) is 0 Å². The molecular weight excluding hydrogens is 585 g/mol. The minimum atomic E-state index is -0.883. The van der Waals surface area contributed by atoms with Crippen molar-refractivity contribution in [2.75, 3.05) is 0 Å². The lowest BCUT2D eigenvalue weighted by atomic mass is 10.0. The van der Waals surface area contributed by atoms with E-state index in [4.69, 9.17) is 12.8 Å². The van der Waals surface area contributed by atoms with E-state index in [1.54, 1.807) is 6.08 Å². The summed E-state index contributed by atoms with van der Waals surface area (Å²) in [4.78, 5) is 0. The topological polar surface area (TPSA) is 40.5 Å². The summed E-state index contributed by atoms with van der Waals surface area (Å²) in [5.41, 5.74) is 0. The highest BCUT2D eigenvalue weighted by molar-refractivity contribution is 5.24. The number of unbranched alkanes of at least 4 members (excludes halogenated alkanes) is 22. The molecule has 0 saturated carbocycles. The molecule has 0 aromatic heterocycles. The van der Waals surface area contributed by atoms with E-state index in [1.165, 1.54) is 103 Å². The molecule has 264 valence electrons. The van der Waals surface area contributed by atoms with Crippen molar-refractivity contribution in [3.63, 3.8) is 0 Å². The van der Waals surface area contributed by atoms with Crippen molar-refractivity contribution in [1.82, 2.24) is 0 Å². The van der Waals surface area contributed by atoms with Gasteiger partial charge in [0.1, 0.15) is 6.10 Å². The number of rotatable bonds is 30. The number of aliphatic hydroxyl groups excluding tert-OH is 2. The first-order valence-electron chi connectivity index (χ1n) is 19.2. The standard InChI is InChI=1S/C46H68O2/c1-3-5-6-7-8-9-10-11-12-13-14-15-16-17-18-19-20-21-22-23-24-25-26-27-28-29-30-34-37-40-43-46(48)44-41-38-35-32-31-33-36-39-42-45(47)4-2/h1-2,5-6,21-22,27-28,34,37,39,42,45-48H,7-20,23-26,29-33,35-36,38H2/b6-5-,22-21-,28-27-,37-34+,42-39+/t45-,46-/m1/s1. The second-order valence-corrected chi connectivity index (χ2v) is 12.6. The molecule has 2 heteroatoms. The van der Waals surface area contributed by atoms with Gasteiger partial charge in [0, 0.05) is 6.42 Å². The molecule has 0 aromatic rings. The van der Waals surface area contributed by atoms with Gasteiger partial charge in [0.25, 0.3) is 0 Å². The van der Waals surface area contributed by atoms with Crippen molar-refractivity contribution in [2.45, 2.75) is 179 Å². The maximum atomic E-state index is 9.88. The maximum Gasteiger partial charge on any atom is 0.176 e. The predicted octanol–water partition coefficient (Wildman–Crippen LogP) is 11.9. The van der Waals surface area contributed by atoms with Crippen LogP contribution in [-0.2, 0) is 0 Å². The summed E-state index contributed by atoms with van der Waals surface area (Å²) in [5, 5.41) is 19.1. The van der Waals surface area contributed by atoms with Gasteiger partial charge in [0.2, 0.25) is 0 Å². The summed E-state index contributed by atoms with van der Waals surface area (Å²) in [5.74, 6) is 16.3. The Balaban J connectivity index is 3.47. The van der Waals surface area contributed by atoms with Gasteiger partial charge < -0.3 is 10.2 Å². The molecular formula is C46H68O2. The molecule has 2 N–H and O–H groups in total. The summed E-state index contributed by atoms with van der Waals surface area (Å²) in [7, 11) is 0. The third-order valence-electron chi connectivity index (χ3n) is 8.10. The minimum absolute atomic E-state index is 0.772. The zero-order valence-electron chi connectivity index (χ0n) is 30.4. The van der Waals surface area contributed by atoms with Gasteiger partial charge in [-0.1, -0.05) is 155 Å². The zero-order valence-corrected chi connectivity index (χ0v) is 30.4. The Bertz CT molecular complexity index is 1070. The second kappa shape index (κ2) is 40.0. The van der Waals surface area contributed by atoms with Gasteiger partial charge in [-0.15, -0.1) is 12.8 Å². The van der Waals surface area contributed by atoms with Gasteiger partial charge in [-0.2, -0.15) is 0 Å². The maximum absolute atomic E-state index is 9.88. The molecule has 0 aliphatic carbocycles. The average Bonchev–Trinajstić information content (AvgIpc) is 3.09. The van der Waals surface area contributed by atoms with Crippen LogP contribution in [0.2, 0.25) is 0 Å². The monoisotopic (exact) mass is 653 g/mol. The summed E-state index contributed by atoms with van der Waals surface area (Å²) in [6, 6.07) is 0. The van der Waals surface area contributed by atoms with Crippen molar-refractivity contribution in [1.29, 1.82) is 0 Å². The highest BCUT2D eigenvalue weighted by atomic mass is 16.3. The Morgan fingerprint density at radius 3 is 1.40 bits per heavy atom. The fourth-order valence-electron chi connectivity index (χ4n) is 5.22. The molecule has 2 atom stereocenters. The summed E-state index contributed by atoms with van der Waals surface area (Å²) >= 11 is 0. The predicted molar refractivity (Wildman–Crippen MR) is 211 cm³/mol. The summed E-state index contributed by atoms with van der Waals surface area (Å²) in [6.45, 7) is 0. The van der Waals surface area contributed by atoms with E-state index in [0.29, 0.717) is 0 Å². The Morgan fingerprint density at radius 1 is 0.438 bits per heavy atom. The first kappa shape index (κ1) is 44.9. The fourth-order valence-corrected chi connectivity index (χ4v) is 5.22. The summed E-state index contributed by atoms with van der Waals surface area (Å²) in [6.07, 6.45) is 61.2. The minimum Gasteiger partial charge on any atom is -0.377 e. The Hall–Kier alpha value is -3.14. The molecule has 2 nitrogen and oxygen atoms in total. The lowest BCUT2D eigenvalue weighted by Crippen LogP contribution is -1.97. The lowest BCUT2D eigenvalue weighted by Gasteiger charge is -2.02. The molecule has 0 spiro atoms. The van der Waals surface area contributed by atoms with Crippen LogP contribution in [0.15, 0.2) is 60.8 Å². The molecule has 0 unspecified atom stereocenters. The van der Waals surface area contributed by atoms with E-state index in [2.05, 4.69) is 72.0 Å². The third-order valence-corrected chi connectivity index (χ3v) is 8.10. The van der Waals surface area contributed by atoms with Crippen molar-refractivity contribution in [3.8, 4) is 48.4 Å². The van der Waals surface area contributed by atoms with Crippen molar-refractivity contribution in [3.05, 3.63) is 60.8 Å². The number of allylic oxidation sites excluding steroid dienone is 9. The normalized spacial score (nSPS) is 12.8. The van der Waals surface area contributed by atoms with E-state index >= 15 is 0 Å². The van der Waals surface area contributed by atoms with Gasteiger partial charge in [-0.3, -0.25) is 0 Å². The van der Waals surface area contributed by atoms with E-state index in [9.17, 15) is 10.2 Å². The highest BCUT2D eigenvalue weighted by Crippen LogP contribution is 2.13. The number of aliphatic hydroxyl groups is 2. The SMILES string of the molecule is C#C/C=C\CCCCCCCCCCCCCC/C=C\CCCC/C=C\CC/C=C/C#C[C@@H](O)C#CCCCCCC/C=C/[C@H](O)C#C. The smallest absolute Gasteiger partial charge is 0.176 e. The van der Waals surface area contributed by atoms with E-state index in [1.807, 2.05) is 18.2 Å². The molecule has 0 heterocycles. The van der Waals surface area contributed by atoms with Gasteiger partial charge in [0.15, 0.2) is 6.10 Å². The number of hydrogen-bond donors (Lipinski definition) is 2. The lowest BCUT2D eigenvalue weighted by molar-refractivity contribution is 0.280. The second-order valence-electron chi connectivity index (χ2n) is 12.6. The number of terminal acetylenes is 2. The quantitative estimate of drug-likeness (QED) is 0.0460. The molecule has 0 aliphatic heterocycles. The molecule has 48 heavy (non-hydrogen) atoms.